The summed E-state index contributed by atoms with van der Waals surface area (Å²) in [5, 5.41) is 0. The minimum atomic E-state index is -3.66. The quantitative estimate of drug-likeness (QED) is 0.609. The summed E-state index contributed by atoms with van der Waals surface area (Å²) in [6.45, 7) is 1.95. The zero-order valence-corrected chi connectivity index (χ0v) is 8.69. The molecule has 13 heavy (non-hydrogen) atoms. The highest BCUT2D eigenvalue weighted by atomic mass is 35.7. The predicted octanol–water partition coefficient (Wildman–Crippen LogP) is 1.76. The molecule has 1 aromatic rings. The third-order valence-electron chi connectivity index (χ3n) is 1.78. The molecule has 0 saturated carbocycles. The standard InChI is InChI=1S/C8H10ClNO2S/c1-2-6-3-4-7(5-8(6)10)13(9,11)12/h3-5H,2,10H2,1H3. The van der Waals surface area contributed by atoms with Crippen LogP contribution in [-0.4, -0.2) is 8.42 Å². The first-order chi connectivity index (χ1) is 5.95. The van der Waals surface area contributed by atoms with Crippen molar-refractivity contribution in [1.29, 1.82) is 0 Å². The average molecular weight is 220 g/mol. The lowest BCUT2D eigenvalue weighted by atomic mass is 10.1. The summed E-state index contributed by atoms with van der Waals surface area (Å²) < 4.78 is 21.8. The second kappa shape index (κ2) is 3.55. The van der Waals surface area contributed by atoms with E-state index in [9.17, 15) is 8.42 Å². The van der Waals surface area contributed by atoms with Gasteiger partial charge in [0.15, 0.2) is 0 Å². The van der Waals surface area contributed by atoms with Crippen LogP contribution in [0, 0.1) is 0 Å². The van der Waals surface area contributed by atoms with E-state index in [2.05, 4.69) is 0 Å². The molecule has 0 bridgehead atoms. The van der Waals surface area contributed by atoms with Gasteiger partial charge in [0, 0.05) is 16.4 Å². The Morgan fingerprint density at radius 2 is 2.08 bits per heavy atom. The Labute approximate surface area is 81.9 Å². The Bertz CT molecular complexity index is 414. The molecule has 3 nitrogen and oxygen atoms in total. The van der Waals surface area contributed by atoms with Crippen molar-refractivity contribution in [3.8, 4) is 0 Å². The van der Waals surface area contributed by atoms with Crippen LogP contribution in [0.3, 0.4) is 0 Å². The lowest BCUT2D eigenvalue weighted by Crippen LogP contribution is -1.97. The fourth-order valence-electron chi connectivity index (χ4n) is 1.05. The molecule has 0 aromatic heterocycles. The summed E-state index contributed by atoms with van der Waals surface area (Å²) in [4.78, 5) is 0.0452. The smallest absolute Gasteiger partial charge is 0.261 e. The Morgan fingerprint density at radius 1 is 1.46 bits per heavy atom. The number of nitrogen functional groups attached to an aromatic ring is 1. The van der Waals surface area contributed by atoms with Crippen molar-refractivity contribution in [1.82, 2.24) is 0 Å². The van der Waals surface area contributed by atoms with E-state index in [1.807, 2.05) is 6.92 Å². The highest BCUT2D eigenvalue weighted by Crippen LogP contribution is 2.21. The van der Waals surface area contributed by atoms with Gasteiger partial charge in [0.25, 0.3) is 9.05 Å². The van der Waals surface area contributed by atoms with Crippen LogP contribution in [0.15, 0.2) is 23.1 Å². The molecule has 0 spiro atoms. The molecule has 0 saturated heterocycles. The van der Waals surface area contributed by atoms with E-state index in [1.54, 1.807) is 6.07 Å². The molecule has 72 valence electrons. The third-order valence-corrected chi connectivity index (χ3v) is 3.13. The number of anilines is 1. The van der Waals surface area contributed by atoms with Crippen molar-refractivity contribution in [3.05, 3.63) is 23.8 Å². The minimum Gasteiger partial charge on any atom is -0.398 e. The van der Waals surface area contributed by atoms with Gasteiger partial charge in [-0.3, -0.25) is 0 Å². The van der Waals surface area contributed by atoms with Crippen molar-refractivity contribution < 1.29 is 8.42 Å². The van der Waals surface area contributed by atoms with Crippen molar-refractivity contribution in [3.63, 3.8) is 0 Å². The second-order valence-electron chi connectivity index (χ2n) is 2.65. The zero-order valence-electron chi connectivity index (χ0n) is 7.12. The Balaban J connectivity index is 3.26. The fourth-order valence-corrected chi connectivity index (χ4v) is 1.83. The van der Waals surface area contributed by atoms with Gasteiger partial charge in [-0.1, -0.05) is 13.0 Å². The van der Waals surface area contributed by atoms with Gasteiger partial charge >= 0.3 is 0 Å². The number of hydrogen-bond acceptors (Lipinski definition) is 3. The topological polar surface area (TPSA) is 60.2 Å². The molecule has 2 N–H and O–H groups in total. The summed E-state index contributed by atoms with van der Waals surface area (Å²) in [5.74, 6) is 0. The van der Waals surface area contributed by atoms with Crippen molar-refractivity contribution >= 4 is 25.4 Å². The second-order valence-corrected chi connectivity index (χ2v) is 5.22. The first-order valence-corrected chi connectivity index (χ1v) is 6.09. The van der Waals surface area contributed by atoms with E-state index in [4.69, 9.17) is 16.4 Å². The van der Waals surface area contributed by atoms with Crippen LogP contribution in [0.2, 0.25) is 0 Å². The van der Waals surface area contributed by atoms with Crippen molar-refractivity contribution in [2.45, 2.75) is 18.2 Å². The van der Waals surface area contributed by atoms with Gasteiger partial charge in [0.05, 0.1) is 4.90 Å². The number of halogens is 1. The van der Waals surface area contributed by atoms with Crippen LogP contribution in [0.25, 0.3) is 0 Å². The maximum Gasteiger partial charge on any atom is 0.261 e. The number of rotatable bonds is 2. The van der Waals surface area contributed by atoms with E-state index in [0.717, 1.165) is 12.0 Å². The number of nitrogens with two attached hydrogens (primary N) is 1. The number of hydrogen-bond donors (Lipinski definition) is 1. The molecule has 0 heterocycles. The Morgan fingerprint density at radius 3 is 2.46 bits per heavy atom. The highest BCUT2D eigenvalue weighted by molar-refractivity contribution is 8.13. The van der Waals surface area contributed by atoms with Gasteiger partial charge in [-0.2, -0.15) is 0 Å². The van der Waals surface area contributed by atoms with Crippen LogP contribution < -0.4 is 5.73 Å². The van der Waals surface area contributed by atoms with Crippen LogP contribution in [0.4, 0.5) is 5.69 Å². The molecule has 0 aliphatic heterocycles. The molecule has 1 aromatic carbocycles. The van der Waals surface area contributed by atoms with Gasteiger partial charge in [0.1, 0.15) is 0 Å². The van der Waals surface area contributed by atoms with E-state index in [0.29, 0.717) is 5.69 Å². The molecule has 0 aliphatic carbocycles. The summed E-state index contributed by atoms with van der Waals surface area (Å²) in [5.41, 5.74) is 6.99. The van der Waals surface area contributed by atoms with Gasteiger partial charge in [0.2, 0.25) is 0 Å². The normalized spacial score (nSPS) is 11.5. The summed E-state index contributed by atoms with van der Waals surface area (Å²) in [6.07, 6.45) is 0.772. The zero-order chi connectivity index (χ0) is 10.1. The molecule has 0 fully saturated rings. The van der Waals surface area contributed by atoms with Crippen molar-refractivity contribution in [2.24, 2.45) is 0 Å². The maximum atomic E-state index is 10.9. The molecular weight excluding hydrogens is 210 g/mol. The molecule has 5 heteroatoms. The number of benzene rings is 1. The van der Waals surface area contributed by atoms with Gasteiger partial charge in [-0.05, 0) is 24.1 Å². The molecule has 0 atom stereocenters. The Hall–Kier alpha value is -0.740. The molecule has 0 radical (unpaired) electrons. The summed E-state index contributed by atoms with van der Waals surface area (Å²) >= 11 is 0. The van der Waals surface area contributed by atoms with Gasteiger partial charge < -0.3 is 5.73 Å². The monoisotopic (exact) mass is 219 g/mol. The van der Waals surface area contributed by atoms with Crippen LogP contribution in [0.1, 0.15) is 12.5 Å². The van der Waals surface area contributed by atoms with E-state index in [-0.39, 0.29) is 4.90 Å². The van der Waals surface area contributed by atoms with E-state index in [1.165, 1.54) is 12.1 Å². The van der Waals surface area contributed by atoms with Crippen LogP contribution in [-0.2, 0) is 15.5 Å². The van der Waals surface area contributed by atoms with Crippen molar-refractivity contribution in [2.75, 3.05) is 5.73 Å². The largest absolute Gasteiger partial charge is 0.398 e. The van der Waals surface area contributed by atoms with Crippen LogP contribution >= 0.6 is 10.7 Å². The highest BCUT2D eigenvalue weighted by Gasteiger charge is 2.10. The van der Waals surface area contributed by atoms with E-state index < -0.39 is 9.05 Å². The minimum absolute atomic E-state index is 0.0452. The van der Waals surface area contributed by atoms with Crippen LogP contribution in [0.5, 0.6) is 0 Å². The van der Waals surface area contributed by atoms with Gasteiger partial charge in [-0.15, -0.1) is 0 Å². The first kappa shape index (κ1) is 10.3. The molecule has 0 aliphatic rings. The first-order valence-electron chi connectivity index (χ1n) is 3.78. The third kappa shape index (κ3) is 2.35. The van der Waals surface area contributed by atoms with E-state index >= 15 is 0 Å². The average Bonchev–Trinajstić information content (AvgIpc) is 2.02. The Kier molecular flexibility index (Phi) is 2.83. The lowest BCUT2D eigenvalue weighted by molar-refractivity contribution is 0.609. The molecule has 0 unspecified atom stereocenters. The predicted molar refractivity (Wildman–Crippen MR) is 53.3 cm³/mol. The van der Waals surface area contributed by atoms with Gasteiger partial charge in [-0.25, -0.2) is 8.42 Å². The lowest BCUT2D eigenvalue weighted by Gasteiger charge is -2.03. The number of aryl methyl sites for hydroxylation is 1. The fraction of sp³-hybridized carbons (Fsp3) is 0.250. The molecular formula is C8H10ClNO2S. The maximum absolute atomic E-state index is 10.9. The SMILES string of the molecule is CCc1ccc(S(=O)(=O)Cl)cc1N. The molecule has 0 amide bonds. The summed E-state index contributed by atoms with van der Waals surface area (Å²) in [7, 11) is 1.48. The summed E-state index contributed by atoms with van der Waals surface area (Å²) in [6, 6.07) is 4.50. The molecule has 1 rings (SSSR count).